The van der Waals surface area contributed by atoms with E-state index in [-0.39, 0.29) is 23.7 Å². The Morgan fingerprint density at radius 2 is 1.74 bits per heavy atom. The lowest BCUT2D eigenvalue weighted by atomic mass is 10.3. The van der Waals surface area contributed by atoms with Gasteiger partial charge in [-0.2, -0.15) is 0 Å². The summed E-state index contributed by atoms with van der Waals surface area (Å²) in [7, 11) is 0. The SMILES string of the molecule is CCOc1ccc(OCCC(=O)OCC(=O)Nc2cc(Cl)ccc2F)cc1. The number of carbonyl (C=O) groups is 2. The van der Waals surface area contributed by atoms with Crippen molar-refractivity contribution in [3.8, 4) is 11.5 Å². The average molecular weight is 396 g/mol. The smallest absolute Gasteiger partial charge is 0.309 e. The molecule has 0 fully saturated rings. The predicted molar refractivity (Wildman–Crippen MR) is 98.7 cm³/mol. The molecule has 27 heavy (non-hydrogen) atoms. The van der Waals surface area contributed by atoms with E-state index in [1.807, 2.05) is 6.92 Å². The van der Waals surface area contributed by atoms with Crippen LogP contribution in [0, 0.1) is 5.82 Å². The van der Waals surface area contributed by atoms with Crippen molar-refractivity contribution in [2.75, 3.05) is 25.1 Å². The number of benzene rings is 2. The molecule has 2 aromatic carbocycles. The second kappa shape index (κ2) is 10.4. The summed E-state index contributed by atoms with van der Waals surface area (Å²) in [5.41, 5.74) is -0.0811. The van der Waals surface area contributed by atoms with Crippen molar-refractivity contribution < 1.29 is 28.2 Å². The van der Waals surface area contributed by atoms with Gasteiger partial charge in [0.25, 0.3) is 5.91 Å². The van der Waals surface area contributed by atoms with Crippen molar-refractivity contribution in [2.45, 2.75) is 13.3 Å². The van der Waals surface area contributed by atoms with Crippen LogP contribution in [-0.2, 0) is 14.3 Å². The highest BCUT2D eigenvalue weighted by atomic mass is 35.5. The normalized spacial score (nSPS) is 10.2. The number of esters is 1. The minimum Gasteiger partial charge on any atom is -0.494 e. The lowest BCUT2D eigenvalue weighted by molar-refractivity contribution is -0.147. The summed E-state index contributed by atoms with van der Waals surface area (Å²) in [5.74, 6) is -0.603. The molecule has 8 heteroatoms. The van der Waals surface area contributed by atoms with E-state index in [9.17, 15) is 14.0 Å². The van der Waals surface area contributed by atoms with E-state index < -0.39 is 24.3 Å². The Balaban J connectivity index is 1.68. The van der Waals surface area contributed by atoms with Crippen molar-refractivity contribution in [1.82, 2.24) is 0 Å². The van der Waals surface area contributed by atoms with E-state index in [0.29, 0.717) is 12.4 Å². The van der Waals surface area contributed by atoms with Gasteiger partial charge in [0.15, 0.2) is 6.61 Å². The summed E-state index contributed by atoms with van der Waals surface area (Å²) in [4.78, 5) is 23.4. The molecule has 6 nitrogen and oxygen atoms in total. The topological polar surface area (TPSA) is 73.9 Å². The summed E-state index contributed by atoms with van der Waals surface area (Å²) >= 11 is 5.74. The molecule has 0 unspecified atom stereocenters. The number of halogens is 2. The van der Waals surface area contributed by atoms with E-state index in [4.69, 9.17) is 25.8 Å². The number of ether oxygens (including phenoxy) is 3. The van der Waals surface area contributed by atoms with Crippen molar-refractivity contribution >= 4 is 29.2 Å². The molecular formula is C19H19ClFNO5. The predicted octanol–water partition coefficient (Wildman–Crippen LogP) is 3.83. The Morgan fingerprint density at radius 1 is 1.07 bits per heavy atom. The zero-order chi connectivity index (χ0) is 19.6. The molecule has 0 heterocycles. The van der Waals surface area contributed by atoms with Crippen LogP contribution in [0.15, 0.2) is 42.5 Å². The quantitative estimate of drug-likeness (QED) is 0.653. The molecule has 1 N–H and O–H groups in total. The number of anilines is 1. The van der Waals surface area contributed by atoms with E-state index in [1.165, 1.54) is 12.1 Å². The molecule has 0 saturated carbocycles. The van der Waals surface area contributed by atoms with Crippen molar-refractivity contribution in [3.63, 3.8) is 0 Å². The van der Waals surface area contributed by atoms with Gasteiger partial charge in [-0.1, -0.05) is 11.6 Å². The van der Waals surface area contributed by atoms with Crippen LogP contribution in [0.25, 0.3) is 0 Å². The van der Waals surface area contributed by atoms with E-state index in [2.05, 4.69) is 5.32 Å². The summed E-state index contributed by atoms with van der Waals surface area (Å²) in [5, 5.41) is 2.56. The Morgan fingerprint density at radius 3 is 2.41 bits per heavy atom. The van der Waals surface area contributed by atoms with Crippen LogP contribution < -0.4 is 14.8 Å². The number of carbonyl (C=O) groups excluding carboxylic acids is 2. The van der Waals surface area contributed by atoms with Crippen molar-refractivity contribution in [3.05, 3.63) is 53.3 Å². The lowest BCUT2D eigenvalue weighted by Gasteiger charge is -2.09. The Kier molecular flexibility index (Phi) is 7.88. The zero-order valence-corrected chi connectivity index (χ0v) is 15.4. The molecule has 0 aliphatic heterocycles. The highest BCUT2D eigenvalue weighted by Gasteiger charge is 2.11. The van der Waals surface area contributed by atoms with Crippen LogP contribution in [0.1, 0.15) is 13.3 Å². The fourth-order valence-corrected chi connectivity index (χ4v) is 2.22. The standard InChI is InChI=1S/C19H19ClFNO5/c1-2-25-14-4-6-15(7-5-14)26-10-9-19(24)27-12-18(23)22-17-11-13(20)3-8-16(17)21/h3-8,11H,2,9-10,12H2,1H3,(H,22,23). The molecule has 144 valence electrons. The van der Waals surface area contributed by atoms with E-state index in [1.54, 1.807) is 24.3 Å². The maximum absolute atomic E-state index is 13.5. The first-order chi connectivity index (χ1) is 13.0. The van der Waals surface area contributed by atoms with Gasteiger partial charge in [-0.05, 0) is 49.4 Å². The summed E-state index contributed by atoms with van der Waals surface area (Å²) in [6, 6.07) is 10.7. The number of hydrogen-bond acceptors (Lipinski definition) is 5. The van der Waals surface area contributed by atoms with Gasteiger partial charge in [0.2, 0.25) is 0 Å². The average Bonchev–Trinajstić information content (AvgIpc) is 2.65. The van der Waals surface area contributed by atoms with Gasteiger partial charge in [-0.25, -0.2) is 4.39 Å². The molecule has 0 atom stereocenters. The van der Waals surface area contributed by atoms with Crippen LogP contribution in [0.5, 0.6) is 11.5 Å². The molecular weight excluding hydrogens is 377 g/mol. The summed E-state index contributed by atoms with van der Waals surface area (Å²) in [6.45, 7) is 2.02. The third kappa shape index (κ3) is 7.15. The van der Waals surface area contributed by atoms with Crippen molar-refractivity contribution in [2.24, 2.45) is 0 Å². The fraction of sp³-hybridized carbons (Fsp3) is 0.263. The fourth-order valence-electron chi connectivity index (χ4n) is 2.05. The molecule has 0 saturated heterocycles. The van der Waals surface area contributed by atoms with E-state index in [0.717, 1.165) is 11.8 Å². The molecule has 2 rings (SSSR count). The number of hydrogen-bond donors (Lipinski definition) is 1. The monoisotopic (exact) mass is 395 g/mol. The molecule has 0 spiro atoms. The third-order valence-electron chi connectivity index (χ3n) is 3.28. The Labute approximate surface area is 161 Å². The van der Waals surface area contributed by atoms with Crippen LogP contribution in [0.3, 0.4) is 0 Å². The molecule has 1 amide bonds. The van der Waals surface area contributed by atoms with Gasteiger partial charge < -0.3 is 19.5 Å². The number of nitrogens with one attached hydrogen (secondary N) is 1. The molecule has 2 aromatic rings. The van der Waals surface area contributed by atoms with Gasteiger partial charge >= 0.3 is 5.97 Å². The zero-order valence-electron chi connectivity index (χ0n) is 14.7. The first kappa shape index (κ1) is 20.5. The first-order valence-electron chi connectivity index (χ1n) is 8.24. The molecule has 0 bridgehead atoms. The molecule has 0 aliphatic carbocycles. The number of amides is 1. The van der Waals surface area contributed by atoms with Gasteiger partial charge in [-0.15, -0.1) is 0 Å². The Hall–Kier alpha value is -2.80. The minimum absolute atomic E-state index is 0.0357. The largest absolute Gasteiger partial charge is 0.494 e. The maximum atomic E-state index is 13.5. The second-order valence-electron chi connectivity index (χ2n) is 5.34. The highest BCUT2D eigenvalue weighted by Crippen LogP contribution is 2.19. The van der Waals surface area contributed by atoms with Crippen LogP contribution in [0.2, 0.25) is 5.02 Å². The maximum Gasteiger partial charge on any atom is 0.309 e. The van der Waals surface area contributed by atoms with Crippen LogP contribution >= 0.6 is 11.6 Å². The first-order valence-corrected chi connectivity index (χ1v) is 8.62. The summed E-state index contributed by atoms with van der Waals surface area (Å²) in [6.07, 6.45) is -0.0357. The van der Waals surface area contributed by atoms with Crippen LogP contribution in [-0.4, -0.2) is 31.7 Å². The molecule has 0 radical (unpaired) electrons. The third-order valence-corrected chi connectivity index (χ3v) is 3.51. The molecule has 0 aliphatic rings. The van der Waals surface area contributed by atoms with Gasteiger partial charge in [0.1, 0.15) is 17.3 Å². The van der Waals surface area contributed by atoms with Gasteiger partial charge in [-0.3, -0.25) is 9.59 Å². The van der Waals surface area contributed by atoms with Crippen LogP contribution in [0.4, 0.5) is 10.1 Å². The van der Waals surface area contributed by atoms with E-state index >= 15 is 0 Å². The second-order valence-corrected chi connectivity index (χ2v) is 5.77. The van der Waals surface area contributed by atoms with Crippen molar-refractivity contribution in [1.29, 1.82) is 0 Å². The highest BCUT2D eigenvalue weighted by molar-refractivity contribution is 6.30. The van der Waals surface area contributed by atoms with Gasteiger partial charge in [0.05, 0.1) is 25.3 Å². The minimum atomic E-state index is -0.669. The van der Waals surface area contributed by atoms with Gasteiger partial charge in [0, 0.05) is 5.02 Å². The summed E-state index contributed by atoms with van der Waals surface area (Å²) < 4.78 is 29.1. The number of rotatable bonds is 9. The lowest BCUT2D eigenvalue weighted by Crippen LogP contribution is -2.22. The Bertz CT molecular complexity index is 782. The molecule has 0 aromatic heterocycles.